The number of amides is 2. The molecule has 0 aromatic heterocycles. The first-order chi connectivity index (χ1) is 14.4. The maximum absolute atomic E-state index is 12.9. The zero-order valence-corrected chi connectivity index (χ0v) is 18.1. The average molecular weight is 464 g/mol. The summed E-state index contributed by atoms with van der Waals surface area (Å²) in [5, 5.41) is 5.59. The molecule has 0 aliphatic heterocycles. The molecule has 0 unspecified atom stereocenters. The van der Waals surface area contributed by atoms with Crippen molar-refractivity contribution in [1.82, 2.24) is 10.6 Å². The van der Waals surface area contributed by atoms with Crippen LogP contribution in [0.5, 0.6) is 0 Å². The molecule has 0 aliphatic carbocycles. The molecular formula is C24H22BrN3O2. The predicted molar refractivity (Wildman–Crippen MR) is 123 cm³/mol. The zero-order valence-electron chi connectivity index (χ0n) is 16.5. The van der Waals surface area contributed by atoms with Crippen LogP contribution < -0.4 is 16.4 Å². The third-order valence-electron chi connectivity index (χ3n) is 4.46. The van der Waals surface area contributed by atoms with Gasteiger partial charge in [0.05, 0.1) is 0 Å². The van der Waals surface area contributed by atoms with E-state index in [9.17, 15) is 9.59 Å². The summed E-state index contributed by atoms with van der Waals surface area (Å²) >= 11 is 3.44. The van der Waals surface area contributed by atoms with E-state index in [2.05, 4.69) is 26.6 Å². The van der Waals surface area contributed by atoms with Crippen LogP contribution in [0.15, 0.2) is 83.0 Å². The summed E-state index contributed by atoms with van der Waals surface area (Å²) in [6, 6.07) is 21.8. The van der Waals surface area contributed by atoms with E-state index in [1.165, 1.54) is 0 Å². The van der Waals surface area contributed by atoms with Crippen molar-refractivity contribution in [2.45, 2.75) is 13.5 Å². The molecule has 6 heteroatoms. The van der Waals surface area contributed by atoms with Crippen molar-refractivity contribution in [2.75, 3.05) is 5.73 Å². The molecule has 0 spiro atoms. The first kappa shape index (κ1) is 21.3. The van der Waals surface area contributed by atoms with Gasteiger partial charge in [-0.3, -0.25) is 9.59 Å². The fraction of sp³-hybridized carbons (Fsp3) is 0.0833. The second-order valence-electron chi connectivity index (χ2n) is 6.81. The second kappa shape index (κ2) is 9.89. The highest BCUT2D eigenvalue weighted by atomic mass is 79.9. The highest BCUT2D eigenvalue weighted by molar-refractivity contribution is 9.10. The van der Waals surface area contributed by atoms with Crippen molar-refractivity contribution >= 4 is 39.5 Å². The fourth-order valence-corrected chi connectivity index (χ4v) is 3.36. The van der Waals surface area contributed by atoms with E-state index in [0.717, 1.165) is 21.2 Å². The van der Waals surface area contributed by atoms with Gasteiger partial charge in [0.1, 0.15) is 5.70 Å². The summed E-state index contributed by atoms with van der Waals surface area (Å²) < 4.78 is 0.943. The molecular weight excluding hydrogens is 442 g/mol. The molecule has 0 fully saturated rings. The number of halogens is 1. The number of rotatable bonds is 6. The van der Waals surface area contributed by atoms with Gasteiger partial charge in [-0.05, 0) is 66.1 Å². The Bertz CT molecular complexity index is 1090. The quantitative estimate of drug-likeness (QED) is 0.373. The Kier molecular flexibility index (Phi) is 7.03. The van der Waals surface area contributed by atoms with E-state index in [1.807, 2.05) is 43.3 Å². The molecule has 0 saturated carbocycles. The molecule has 0 saturated heterocycles. The summed E-state index contributed by atoms with van der Waals surface area (Å²) in [5.74, 6) is -0.736. The minimum atomic E-state index is -0.385. The Hall–Kier alpha value is -3.38. The second-order valence-corrected chi connectivity index (χ2v) is 7.72. The molecule has 5 nitrogen and oxygen atoms in total. The van der Waals surface area contributed by atoms with Crippen molar-refractivity contribution in [2.24, 2.45) is 0 Å². The smallest absolute Gasteiger partial charge is 0.268 e. The summed E-state index contributed by atoms with van der Waals surface area (Å²) in [4.78, 5) is 25.6. The van der Waals surface area contributed by atoms with E-state index >= 15 is 0 Å². The van der Waals surface area contributed by atoms with Gasteiger partial charge in [-0.15, -0.1) is 0 Å². The van der Waals surface area contributed by atoms with Crippen LogP contribution >= 0.6 is 15.9 Å². The Balaban J connectivity index is 1.85. The van der Waals surface area contributed by atoms with Gasteiger partial charge in [-0.1, -0.05) is 52.3 Å². The fourth-order valence-electron chi connectivity index (χ4n) is 2.88. The van der Waals surface area contributed by atoms with E-state index in [4.69, 9.17) is 5.73 Å². The molecule has 3 aromatic rings. The zero-order chi connectivity index (χ0) is 21.5. The molecule has 0 heterocycles. The molecule has 0 aliphatic rings. The number of nitrogens with one attached hydrogen (secondary N) is 2. The number of aryl methyl sites for hydroxylation is 1. The van der Waals surface area contributed by atoms with Gasteiger partial charge in [0, 0.05) is 22.3 Å². The molecule has 2 amide bonds. The monoisotopic (exact) mass is 463 g/mol. The minimum Gasteiger partial charge on any atom is -0.399 e. The van der Waals surface area contributed by atoms with Gasteiger partial charge in [-0.2, -0.15) is 0 Å². The van der Waals surface area contributed by atoms with Gasteiger partial charge in [0.15, 0.2) is 0 Å². The van der Waals surface area contributed by atoms with E-state index in [0.29, 0.717) is 17.8 Å². The van der Waals surface area contributed by atoms with Crippen LogP contribution in [0.3, 0.4) is 0 Å². The minimum absolute atomic E-state index is 0.165. The van der Waals surface area contributed by atoms with Crippen LogP contribution in [-0.4, -0.2) is 11.8 Å². The summed E-state index contributed by atoms with van der Waals surface area (Å²) in [5.41, 5.74) is 9.74. The first-order valence-electron chi connectivity index (χ1n) is 9.39. The average Bonchev–Trinajstić information content (AvgIpc) is 2.74. The number of benzene rings is 3. The SMILES string of the molecule is Cc1cc(Br)ccc1/C=C(/NC(=O)c1ccccc1)C(=O)NCc1cccc(N)c1. The number of carbonyl (C=O) groups is 2. The summed E-state index contributed by atoms with van der Waals surface area (Å²) in [6.07, 6.45) is 1.68. The molecule has 152 valence electrons. The van der Waals surface area contributed by atoms with E-state index in [1.54, 1.807) is 42.5 Å². The van der Waals surface area contributed by atoms with E-state index < -0.39 is 0 Å². The number of anilines is 1. The Labute approximate surface area is 184 Å². The van der Waals surface area contributed by atoms with E-state index in [-0.39, 0.29) is 17.5 Å². The lowest BCUT2D eigenvalue weighted by molar-refractivity contribution is -0.117. The van der Waals surface area contributed by atoms with Gasteiger partial charge >= 0.3 is 0 Å². The largest absolute Gasteiger partial charge is 0.399 e. The van der Waals surface area contributed by atoms with Crippen LogP contribution in [0.1, 0.15) is 27.0 Å². The molecule has 30 heavy (non-hydrogen) atoms. The molecule has 4 N–H and O–H groups in total. The first-order valence-corrected chi connectivity index (χ1v) is 10.2. The predicted octanol–water partition coefficient (Wildman–Crippen LogP) is 4.43. The highest BCUT2D eigenvalue weighted by Crippen LogP contribution is 2.18. The lowest BCUT2D eigenvalue weighted by atomic mass is 10.1. The van der Waals surface area contributed by atoms with Crippen molar-refractivity contribution in [3.05, 3.63) is 105 Å². The van der Waals surface area contributed by atoms with Crippen molar-refractivity contribution in [3.63, 3.8) is 0 Å². The summed E-state index contributed by atoms with van der Waals surface area (Å²) in [7, 11) is 0. The van der Waals surface area contributed by atoms with Gasteiger partial charge in [0.25, 0.3) is 11.8 Å². The van der Waals surface area contributed by atoms with Crippen LogP contribution in [0, 0.1) is 6.92 Å². The normalized spacial score (nSPS) is 11.1. The number of nitrogen functional groups attached to an aromatic ring is 1. The Morgan fingerprint density at radius 3 is 2.47 bits per heavy atom. The van der Waals surface area contributed by atoms with Crippen molar-refractivity contribution < 1.29 is 9.59 Å². The lowest BCUT2D eigenvalue weighted by Gasteiger charge is -2.12. The van der Waals surface area contributed by atoms with Gasteiger partial charge < -0.3 is 16.4 Å². The summed E-state index contributed by atoms with van der Waals surface area (Å²) in [6.45, 7) is 2.24. The third-order valence-corrected chi connectivity index (χ3v) is 4.96. The van der Waals surface area contributed by atoms with Crippen LogP contribution in [0.4, 0.5) is 5.69 Å². The van der Waals surface area contributed by atoms with Crippen LogP contribution in [0.2, 0.25) is 0 Å². The van der Waals surface area contributed by atoms with Gasteiger partial charge in [-0.25, -0.2) is 0 Å². The van der Waals surface area contributed by atoms with Crippen molar-refractivity contribution in [3.8, 4) is 0 Å². The maximum Gasteiger partial charge on any atom is 0.268 e. The molecule has 0 atom stereocenters. The van der Waals surface area contributed by atoms with Gasteiger partial charge in [0.2, 0.25) is 0 Å². The third kappa shape index (κ3) is 5.81. The maximum atomic E-state index is 12.9. The van der Waals surface area contributed by atoms with Crippen molar-refractivity contribution in [1.29, 1.82) is 0 Å². The van der Waals surface area contributed by atoms with Crippen LogP contribution in [0.25, 0.3) is 6.08 Å². The number of nitrogens with two attached hydrogens (primary N) is 1. The lowest BCUT2D eigenvalue weighted by Crippen LogP contribution is -2.34. The highest BCUT2D eigenvalue weighted by Gasteiger charge is 2.15. The Morgan fingerprint density at radius 2 is 1.77 bits per heavy atom. The molecule has 3 aromatic carbocycles. The van der Waals surface area contributed by atoms with Crippen LogP contribution in [-0.2, 0) is 11.3 Å². The molecule has 3 rings (SSSR count). The number of hydrogen-bond donors (Lipinski definition) is 3. The molecule has 0 radical (unpaired) electrons. The number of carbonyl (C=O) groups excluding carboxylic acids is 2. The Morgan fingerprint density at radius 1 is 1.00 bits per heavy atom. The number of hydrogen-bond acceptors (Lipinski definition) is 3. The topological polar surface area (TPSA) is 84.2 Å². The standard InChI is InChI=1S/C24H22BrN3O2/c1-16-12-20(25)11-10-19(16)14-22(28-23(29)18-7-3-2-4-8-18)24(30)27-15-17-6-5-9-21(26)13-17/h2-14H,15,26H2,1H3,(H,27,30)(H,28,29)/b22-14+. The molecule has 0 bridgehead atoms.